The summed E-state index contributed by atoms with van der Waals surface area (Å²) in [5.41, 5.74) is 0.149. The van der Waals surface area contributed by atoms with Crippen molar-refractivity contribution in [2.24, 2.45) is 5.92 Å². The summed E-state index contributed by atoms with van der Waals surface area (Å²) in [5.74, 6) is 0.617. The molecule has 0 fully saturated rings. The molecule has 0 aliphatic rings. The lowest BCUT2D eigenvalue weighted by Gasteiger charge is -2.21. The van der Waals surface area contributed by atoms with Gasteiger partial charge in [0.05, 0.1) is 5.56 Å². The van der Waals surface area contributed by atoms with Gasteiger partial charge in [-0.1, -0.05) is 27.2 Å². The quantitative estimate of drug-likeness (QED) is 0.738. The van der Waals surface area contributed by atoms with E-state index < -0.39 is 11.7 Å². The van der Waals surface area contributed by atoms with Crippen molar-refractivity contribution in [1.29, 1.82) is 0 Å². The van der Waals surface area contributed by atoms with E-state index in [4.69, 9.17) is 0 Å². The lowest BCUT2D eigenvalue weighted by Crippen LogP contribution is -2.21. The Morgan fingerprint density at radius 1 is 1.05 bits per heavy atom. The molecule has 0 aromatic heterocycles. The molecule has 0 saturated heterocycles. The molecule has 19 heavy (non-hydrogen) atoms. The minimum atomic E-state index is -4.26. The zero-order valence-corrected chi connectivity index (χ0v) is 11.7. The van der Waals surface area contributed by atoms with Crippen LogP contribution in [0, 0.1) is 5.92 Å². The van der Waals surface area contributed by atoms with E-state index in [1.165, 1.54) is 12.1 Å². The average molecular weight is 273 g/mol. The number of anilines is 1. The number of rotatable bonds is 6. The molecule has 0 heterocycles. The van der Waals surface area contributed by atoms with Crippen LogP contribution < -0.4 is 5.32 Å². The van der Waals surface area contributed by atoms with E-state index in [2.05, 4.69) is 26.1 Å². The molecule has 1 aromatic carbocycles. The van der Waals surface area contributed by atoms with E-state index in [-0.39, 0.29) is 0 Å². The first-order valence-electron chi connectivity index (χ1n) is 6.80. The van der Waals surface area contributed by atoms with Gasteiger partial charge in [-0.3, -0.25) is 0 Å². The third-order valence-electron chi connectivity index (χ3n) is 3.46. The van der Waals surface area contributed by atoms with Crippen LogP contribution in [0.1, 0.15) is 45.6 Å². The SMILES string of the molecule is CCC(C)CC(CC)Nc1ccc(C(F)(F)F)cc1. The second-order valence-corrected chi connectivity index (χ2v) is 5.07. The Hall–Kier alpha value is -1.19. The number of benzene rings is 1. The Morgan fingerprint density at radius 3 is 2.05 bits per heavy atom. The van der Waals surface area contributed by atoms with Crippen LogP contribution in [0.3, 0.4) is 0 Å². The number of hydrogen-bond acceptors (Lipinski definition) is 1. The lowest BCUT2D eigenvalue weighted by molar-refractivity contribution is -0.137. The molecule has 1 rings (SSSR count). The molecular formula is C15H22F3N. The van der Waals surface area contributed by atoms with E-state index in [1.54, 1.807) is 0 Å². The van der Waals surface area contributed by atoms with Gasteiger partial charge in [0.1, 0.15) is 0 Å². The van der Waals surface area contributed by atoms with Gasteiger partial charge in [0, 0.05) is 11.7 Å². The van der Waals surface area contributed by atoms with E-state index in [0.29, 0.717) is 12.0 Å². The second-order valence-electron chi connectivity index (χ2n) is 5.07. The van der Waals surface area contributed by atoms with Crippen LogP contribution in [0.4, 0.5) is 18.9 Å². The van der Waals surface area contributed by atoms with Crippen molar-refractivity contribution in [1.82, 2.24) is 0 Å². The summed E-state index contributed by atoms with van der Waals surface area (Å²) < 4.78 is 37.3. The van der Waals surface area contributed by atoms with Gasteiger partial charge in [-0.15, -0.1) is 0 Å². The normalized spacial score (nSPS) is 15.1. The fourth-order valence-corrected chi connectivity index (χ4v) is 1.97. The van der Waals surface area contributed by atoms with Gasteiger partial charge in [-0.25, -0.2) is 0 Å². The first-order chi connectivity index (χ1) is 8.86. The largest absolute Gasteiger partial charge is 0.416 e. The minimum absolute atomic E-state index is 0.312. The monoisotopic (exact) mass is 273 g/mol. The molecular weight excluding hydrogens is 251 g/mol. The Morgan fingerprint density at radius 2 is 1.63 bits per heavy atom. The summed E-state index contributed by atoms with van der Waals surface area (Å²) >= 11 is 0. The van der Waals surface area contributed by atoms with Crippen molar-refractivity contribution in [3.8, 4) is 0 Å². The van der Waals surface area contributed by atoms with E-state index in [9.17, 15) is 13.2 Å². The highest BCUT2D eigenvalue weighted by molar-refractivity contribution is 5.45. The number of halogens is 3. The predicted octanol–water partition coefficient (Wildman–Crippen LogP) is 5.33. The molecule has 0 aliphatic carbocycles. The Bertz CT molecular complexity index is 370. The molecule has 108 valence electrons. The molecule has 2 atom stereocenters. The van der Waals surface area contributed by atoms with Crippen LogP contribution in [0.2, 0.25) is 0 Å². The summed E-state index contributed by atoms with van der Waals surface area (Å²) in [6, 6.07) is 5.56. The van der Waals surface area contributed by atoms with E-state index in [1.807, 2.05) is 0 Å². The standard InChI is InChI=1S/C15H22F3N/c1-4-11(3)10-13(5-2)19-14-8-6-12(7-9-14)15(16,17)18/h6-9,11,13,19H,4-5,10H2,1-3H3. The molecule has 0 saturated carbocycles. The number of alkyl halides is 3. The van der Waals surface area contributed by atoms with Crippen molar-refractivity contribution < 1.29 is 13.2 Å². The molecule has 0 aliphatic heterocycles. The van der Waals surface area contributed by atoms with Crippen LogP contribution in [0.5, 0.6) is 0 Å². The molecule has 0 radical (unpaired) electrons. The minimum Gasteiger partial charge on any atom is -0.382 e. The van der Waals surface area contributed by atoms with Gasteiger partial charge in [-0.2, -0.15) is 13.2 Å². The third-order valence-corrected chi connectivity index (χ3v) is 3.46. The summed E-state index contributed by atoms with van der Waals surface area (Å²) in [5, 5.41) is 3.31. The van der Waals surface area contributed by atoms with Gasteiger partial charge in [-0.05, 0) is 43.0 Å². The smallest absolute Gasteiger partial charge is 0.382 e. The topological polar surface area (TPSA) is 12.0 Å². The van der Waals surface area contributed by atoms with Crippen molar-refractivity contribution in [3.05, 3.63) is 29.8 Å². The number of hydrogen-bond donors (Lipinski definition) is 1. The van der Waals surface area contributed by atoms with Crippen molar-refractivity contribution >= 4 is 5.69 Å². The molecule has 1 N–H and O–H groups in total. The van der Waals surface area contributed by atoms with Gasteiger partial charge >= 0.3 is 6.18 Å². The summed E-state index contributed by atoms with van der Waals surface area (Å²) in [7, 11) is 0. The highest BCUT2D eigenvalue weighted by atomic mass is 19.4. The zero-order chi connectivity index (χ0) is 14.5. The van der Waals surface area contributed by atoms with Gasteiger partial charge < -0.3 is 5.32 Å². The van der Waals surface area contributed by atoms with E-state index in [0.717, 1.165) is 37.1 Å². The first kappa shape index (κ1) is 15.9. The molecule has 0 spiro atoms. The molecule has 0 bridgehead atoms. The molecule has 2 unspecified atom stereocenters. The predicted molar refractivity (Wildman–Crippen MR) is 73.2 cm³/mol. The Balaban J connectivity index is 2.65. The van der Waals surface area contributed by atoms with Crippen LogP contribution in [0.15, 0.2) is 24.3 Å². The first-order valence-corrected chi connectivity index (χ1v) is 6.80. The molecule has 0 amide bonds. The maximum atomic E-state index is 12.4. The maximum Gasteiger partial charge on any atom is 0.416 e. The maximum absolute atomic E-state index is 12.4. The molecule has 1 nitrogen and oxygen atoms in total. The highest BCUT2D eigenvalue weighted by Gasteiger charge is 2.29. The van der Waals surface area contributed by atoms with Crippen LogP contribution in [-0.2, 0) is 6.18 Å². The van der Waals surface area contributed by atoms with Crippen molar-refractivity contribution in [3.63, 3.8) is 0 Å². The molecule has 1 aromatic rings. The summed E-state index contributed by atoms with van der Waals surface area (Å²) in [4.78, 5) is 0. The highest BCUT2D eigenvalue weighted by Crippen LogP contribution is 2.30. The summed E-state index contributed by atoms with van der Waals surface area (Å²) in [6.07, 6.45) is -1.15. The van der Waals surface area contributed by atoms with Gasteiger partial charge in [0.15, 0.2) is 0 Å². The average Bonchev–Trinajstić information content (AvgIpc) is 2.37. The molecule has 4 heteroatoms. The zero-order valence-electron chi connectivity index (χ0n) is 11.7. The lowest BCUT2D eigenvalue weighted by atomic mass is 9.97. The summed E-state index contributed by atoms with van der Waals surface area (Å²) in [6.45, 7) is 6.43. The van der Waals surface area contributed by atoms with E-state index >= 15 is 0 Å². The second kappa shape index (κ2) is 6.83. The van der Waals surface area contributed by atoms with Crippen LogP contribution in [0.25, 0.3) is 0 Å². The van der Waals surface area contributed by atoms with Gasteiger partial charge in [0.2, 0.25) is 0 Å². The fourth-order valence-electron chi connectivity index (χ4n) is 1.97. The van der Waals surface area contributed by atoms with Crippen LogP contribution in [-0.4, -0.2) is 6.04 Å². The van der Waals surface area contributed by atoms with Crippen molar-refractivity contribution in [2.75, 3.05) is 5.32 Å². The Labute approximate surface area is 113 Å². The fraction of sp³-hybridized carbons (Fsp3) is 0.600. The van der Waals surface area contributed by atoms with Crippen LogP contribution >= 0.6 is 0 Å². The Kier molecular flexibility index (Phi) is 5.70. The van der Waals surface area contributed by atoms with Gasteiger partial charge in [0.25, 0.3) is 0 Å². The number of nitrogens with one attached hydrogen (secondary N) is 1. The van der Waals surface area contributed by atoms with Crippen molar-refractivity contribution in [2.45, 2.75) is 52.3 Å². The third kappa shape index (κ3) is 5.13.